The Kier molecular flexibility index (Phi) is 4.49. The third-order valence-corrected chi connectivity index (χ3v) is 4.62. The number of aromatic carboxylic acids is 1. The highest BCUT2D eigenvalue weighted by molar-refractivity contribution is 6.03. The van der Waals surface area contributed by atoms with Gasteiger partial charge in [0.15, 0.2) is 0 Å². The van der Waals surface area contributed by atoms with Gasteiger partial charge in [-0.2, -0.15) is 0 Å². The van der Waals surface area contributed by atoms with Crippen LogP contribution in [0.1, 0.15) is 10.4 Å². The van der Waals surface area contributed by atoms with Gasteiger partial charge in [-0.1, -0.05) is 48.5 Å². The number of pyridine rings is 1. The fraction of sp³-hybridized carbons (Fsp3) is 0.0435. The molecule has 4 aromatic rings. The third-order valence-electron chi connectivity index (χ3n) is 4.62. The Morgan fingerprint density at radius 1 is 0.929 bits per heavy atom. The van der Waals surface area contributed by atoms with Crippen molar-refractivity contribution in [1.82, 2.24) is 4.98 Å². The first kappa shape index (κ1) is 17.7. The molecule has 0 atom stereocenters. The van der Waals surface area contributed by atoms with E-state index in [2.05, 4.69) is 4.98 Å². The van der Waals surface area contributed by atoms with Gasteiger partial charge in [0, 0.05) is 10.9 Å². The molecule has 0 bridgehead atoms. The summed E-state index contributed by atoms with van der Waals surface area (Å²) in [5.41, 5.74) is 3.23. The van der Waals surface area contributed by atoms with Gasteiger partial charge < -0.3 is 9.84 Å². The summed E-state index contributed by atoms with van der Waals surface area (Å²) in [6.07, 6.45) is 0. The van der Waals surface area contributed by atoms with Gasteiger partial charge in [-0.25, -0.2) is 14.2 Å². The average Bonchev–Trinajstić information content (AvgIpc) is 2.73. The molecule has 1 N–H and O–H groups in total. The number of nitrogens with zero attached hydrogens (tertiary/aromatic N) is 1. The summed E-state index contributed by atoms with van der Waals surface area (Å²) < 4.78 is 19.4. The van der Waals surface area contributed by atoms with Crippen LogP contribution in [0.3, 0.4) is 0 Å². The Balaban J connectivity index is 1.77. The van der Waals surface area contributed by atoms with Gasteiger partial charge in [0.05, 0.1) is 18.4 Å². The zero-order valence-electron chi connectivity index (χ0n) is 15.0. The van der Waals surface area contributed by atoms with Crippen LogP contribution in [0.25, 0.3) is 33.3 Å². The Morgan fingerprint density at radius 3 is 2.14 bits per heavy atom. The number of benzene rings is 3. The first-order chi connectivity index (χ1) is 13.6. The van der Waals surface area contributed by atoms with E-state index in [-0.39, 0.29) is 16.5 Å². The molecular formula is C23H16FNO3. The lowest BCUT2D eigenvalue weighted by Gasteiger charge is -2.09. The van der Waals surface area contributed by atoms with Crippen LogP contribution in [0, 0.1) is 5.82 Å². The second-order valence-electron chi connectivity index (χ2n) is 6.30. The molecular weight excluding hydrogens is 357 g/mol. The summed E-state index contributed by atoms with van der Waals surface area (Å²) in [6, 6.07) is 21.0. The molecule has 0 aliphatic carbocycles. The minimum Gasteiger partial charge on any atom is -0.497 e. The third kappa shape index (κ3) is 3.18. The first-order valence-electron chi connectivity index (χ1n) is 8.64. The molecule has 5 heteroatoms. The van der Waals surface area contributed by atoms with E-state index in [0.29, 0.717) is 11.3 Å². The van der Waals surface area contributed by atoms with Crippen molar-refractivity contribution < 1.29 is 19.0 Å². The predicted molar refractivity (Wildman–Crippen MR) is 106 cm³/mol. The van der Waals surface area contributed by atoms with E-state index < -0.39 is 11.8 Å². The monoisotopic (exact) mass is 373 g/mol. The number of para-hydroxylation sites is 1. The van der Waals surface area contributed by atoms with Crippen LogP contribution in [-0.2, 0) is 0 Å². The predicted octanol–water partition coefficient (Wildman–Crippen LogP) is 5.41. The van der Waals surface area contributed by atoms with Crippen LogP contribution >= 0.6 is 0 Å². The molecule has 4 nitrogen and oxygen atoms in total. The highest BCUT2D eigenvalue weighted by Crippen LogP contribution is 2.29. The number of fused-ring (bicyclic) bond motifs is 1. The summed E-state index contributed by atoms with van der Waals surface area (Å²) in [5, 5.41) is 9.80. The van der Waals surface area contributed by atoms with Crippen LogP contribution in [0.2, 0.25) is 0 Å². The minimum atomic E-state index is -1.12. The van der Waals surface area contributed by atoms with Crippen molar-refractivity contribution in [2.24, 2.45) is 0 Å². The summed E-state index contributed by atoms with van der Waals surface area (Å²) in [7, 11) is 1.62. The Labute approximate surface area is 160 Å². The topological polar surface area (TPSA) is 59.4 Å². The molecule has 3 aromatic carbocycles. The maximum atomic E-state index is 14.2. The normalized spacial score (nSPS) is 10.8. The molecule has 28 heavy (non-hydrogen) atoms. The number of halogens is 1. The number of rotatable bonds is 4. The van der Waals surface area contributed by atoms with Crippen LogP contribution < -0.4 is 4.74 Å². The fourth-order valence-corrected chi connectivity index (χ4v) is 3.16. The number of carboxylic acids is 1. The molecule has 0 saturated heterocycles. The van der Waals surface area contributed by atoms with Crippen LogP contribution in [0.4, 0.5) is 4.39 Å². The van der Waals surface area contributed by atoms with Crippen molar-refractivity contribution in [3.05, 3.63) is 84.2 Å². The minimum absolute atomic E-state index is 0.0266. The maximum Gasteiger partial charge on any atom is 0.336 e. The largest absolute Gasteiger partial charge is 0.497 e. The lowest BCUT2D eigenvalue weighted by Crippen LogP contribution is -2.01. The van der Waals surface area contributed by atoms with Crippen molar-refractivity contribution in [2.45, 2.75) is 0 Å². The van der Waals surface area contributed by atoms with E-state index >= 15 is 0 Å². The fourth-order valence-electron chi connectivity index (χ4n) is 3.16. The summed E-state index contributed by atoms with van der Waals surface area (Å²) in [6.45, 7) is 0. The smallest absolute Gasteiger partial charge is 0.336 e. The van der Waals surface area contributed by atoms with Crippen molar-refractivity contribution in [2.75, 3.05) is 7.11 Å². The Morgan fingerprint density at radius 2 is 1.54 bits per heavy atom. The molecule has 0 fully saturated rings. The number of carboxylic acid groups (broad SMARTS) is 1. The molecule has 0 amide bonds. The molecule has 1 heterocycles. The number of hydrogen-bond donors (Lipinski definition) is 1. The zero-order valence-corrected chi connectivity index (χ0v) is 15.0. The van der Waals surface area contributed by atoms with Gasteiger partial charge in [-0.15, -0.1) is 0 Å². The number of carbonyl (C=O) groups is 1. The van der Waals surface area contributed by atoms with E-state index in [1.165, 1.54) is 18.2 Å². The number of methoxy groups -OCH3 is 1. The molecule has 138 valence electrons. The molecule has 1 aromatic heterocycles. The van der Waals surface area contributed by atoms with Gasteiger partial charge in [0.1, 0.15) is 17.1 Å². The van der Waals surface area contributed by atoms with E-state index in [1.54, 1.807) is 13.2 Å². The van der Waals surface area contributed by atoms with Crippen molar-refractivity contribution >= 4 is 16.9 Å². The number of ether oxygens (including phenoxy) is 1. The lowest BCUT2D eigenvalue weighted by molar-refractivity contribution is 0.0699. The molecule has 0 radical (unpaired) electrons. The second kappa shape index (κ2) is 7.12. The van der Waals surface area contributed by atoms with Crippen LogP contribution in [0.5, 0.6) is 5.75 Å². The average molecular weight is 373 g/mol. The second-order valence-corrected chi connectivity index (χ2v) is 6.30. The highest BCUT2D eigenvalue weighted by Gasteiger charge is 2.15. The summed E-state index contributed by atoms with van der Waals surface area (Å²) in [5.74, 6) is -0.880. The maximum absolute atomic E-state index is 14.2. The quantitative estimate of drug-likeness (QED) is 0.519. The van der Waals surface area contributed by atoms with Gasteiger partial charge in [-0.05, 0) is 35.4 Å². The van der Waals surface area contributed by atoms with E-state index in [1.807, 2.05) is 48.5 Å². The molecule has 0 saturated carbocycles. The Hall–Kier alpha value is -3.73. The molecule has 4 rings (SSSR count). The van der Waals surface area contributed by atoms with Gasteiger partial charge in [-0.3, -0.25) is 0 Å². The molecule has 0 spiro atoms. The first-order valence-corrected chi connectivity index (χ1v) is 8.64. The Bertz CT molecular complexity index is 1170. The van der Waals surface area contributed by atoms with Gasteiger partial charge >= 0.3 is 5.97 Å². The SMILES string of the molecule is COc1ccc(-c2ccc(-c3cc(C(=O)O)c4cccc(F)c4n3)cc2)cc1. The highest BCUT2D eigenvalue weighted by atomic mass is 19.1. The summed E-state index contributed by atoms with van der Waals surface area (Å²) in [4.78, 5) is 16.0. The molecule has 0 aliphatic heterocycles. The van der Waals surface area contributed by atoms with Gasteiger partial charge in [0.25, 0.3) is 0 Å². The van der Waals surface area contributed by atoms with Crippen molar-refractivity contribution in [1.29, 1.82) is 0 Å². The van der Waals surface area contributed by atoms with E-state index in [0.717, 1.165) is 16.9 Å². The molecule has 0 aliphatic rings. The number of aromatic nitrogens is 1. The van der Waals surface area contributed by atoms with Crippen LogP contribution in [-0.4, -0.2) is 23.2 Å². The van der Waals surface area contributed by atoms with Crippen molar-refractivity contribution in [3.8, 4) is 28.1 Å². The number of hydrogen-bond acceptors (Lipinski definition) is 3. The standard InChI is InChI=1S/C23H16FNO3/c1-28-17-11-9-15(10-12-17)14-5-7-16(8-6-14)21-13-19(23(26)27)18-3-2-4-20(24)22(18)25-21/h2-13H,1H3,(H,26,27). The van der Waals surface area contributed by atoms with E-state index in [4.69, 9.17) is 4.74 Å². The summed E-state index contributed by atoms with van der Waals surface area (Å²) >= 11 is 0. The van der Waals surface area contributed by atoms with E-state index in [9.17, 15) is 14.3 Å². The van der Waals surface area contributed by atoms with Crippen LogP contribution in [0.15, 0.2) is 72.8 Å². The van der Waals surface area contributed by atoms with Gasteiger partial charge in [0.2, 0.25) is 0 Å². The lowest BCUT2D eigenvalue weighted by atomic mass is 10.0. The van der Waals surface area contributed by atoms with Crippen molar-refractivity contribution in [3.63, 3.8) is 0 Å². The molecule has 0 unspecified atom stereocenters. The zero-order chi connectivity index (χ0) is 19.7.